The second-order valence-corrected chi connectivity index (χ2v) is 18.9. The smallest absolute Gasteiger partial charge is 0.0547 e. The van der Waals surface area contributed by atoms with Crippen LogP contribution < -0.4 is 4.90 Å². The lowest BCUT2D eigenvalue weighted by atomic mass is 9.92. The fourth-order valence-electron chi connectivity index (χ4n) is 10.7. The van der Waals surface area contributed by atoms with Crippen LogP contribution in [0.2, 0.25) is 0 Å². The summed E-state index contributed by atoms with van der Waals surface area (Å²) in [7, 11) is 0. The molecule has 0 saturated carbocycles. The molecule has 1 heterocycles. The van der Waals surface area contributed by atoms with Crippen LogP contribution in [-0.4, -0.2) is 4.57 Å². The maximum atomic E-state index is 2.42. The molecule has 13 rings (SSSR count). The number of fused-ring (bicyclic) bond motifs is 3. The van der Waals surface area contributed by atoms with Crippen molar-refractivity contribution in [3.8, 4) is 83.6 Å². The van der Waals surface area contributed by atoms with Gasteiger partial charge < -0.3 is 9.47 Å². The number of anilines is 3. The lowest BCUT2D eigenvalue weighted by molar-refractivity contribution is 1.18. The molecule has 0 fully saturated rings. The Bertz CT molecular complexity index is 4010. The molecule has 2 nitrogen and oxygen atoms in total. The molecule has 0 bridgehead atoms. The van der Waals surface area contributed by atoms with Crippen LogP contribution >= 0.6 is 0 Å². The molecule has 0 amide bonds. The average Bonchev–Trinajstić information content (AvgIpc) is 3.82. The van der Waals surface area contributed by atoms with E-state index in [0.717, 1.165) is 33.9 Å². The summed E-state index contributed by atoms with van der Waals surface area (Å²) in [6.45, 7) is 0. The highest BCUT2D eigenvalue weighted by Gasteiger charge is 2.18. The zero-order valence-electron chi connectivity index (χ0n) is 40.8. The number of aromatic nitrogens is 1. The normalized spacial score (nSPS) is 11.2. The second kappa shape index (κ2) is 19.4. The Kier molecular flexibility index (Phi) is 11.6. The molecular formula is C72H50N2. The number of nitrogens with zero attached hydrogens (tertiary/aromatic N) is 2. The molecule has 0 aliphatic rings. The minimum Gasteiger partial charge on any atom is -0.310 e. The summed E-state index contributed by atoms with van der Waals surface area (Å²) >= 11 is 0. The van der Waals surface area contributed by atoms with Gasteiger partial charge in [0.2, 0.25) is 0 Å². The zero-order chi connectivity index (χ0) is 49.2. The minimum absolute atomic E-state index is 1.09. The maximum absolute atomic E-state index is 2.42. The van der Waals surface area contributed by atoms with Gasteiger partial charge >= 0.3 is 0 Å². The topological polar surface area (TPSA) is 8.17 Å². The van der Waals surface area contributed by atoms with Gasteiger partial charge in [-0.25, -0.2) is 0 Å². The molecule has 0 spiro atoms. The van der Waals surface area contributed by atoms with Crippen molar-refractivity contribution in [2.24, 2.45) is 0 Å². The van der Waals surface area contributed by atoms with Crippen LogP contribution in [0.1, 0.15) is 0 Å². The summed E-state index contributed by atoms with van der Waals surface area (Å²) in [5.41, 5.74) is 23.4. The molecule has 0 aliphatic heterocycles. The van der Waals surface area contributed by atoms with Gasteiger partial charge in [0.05, 0.1) is 11.0 Å². The molecule has 0 radical (unpaired) electrons. The Morgan fingerprint density at radius 2 is 0.554 bits per heavy atom. The molecular weight excluding hydrogens is 893 g/mol. The van der Waals surface area contributed by atoms with Crippen molar-refractivity contribution in [1.29, 1.82) is 0 Å². The summed E-state index contributed by atoms with van der Waals surface area (Å²) in [4.78, 5) is 2.38. The van der Waals surface area contributed by atoms with Crippen LogP contribution in [0.4, 0.5) is 17.1 Å². The molecule has 0 unspecified atom stereocenters. The van der Waals surface area contributed by atoms with Gasteiger partial charge in [-0.3, -0.25) is 0 Å². The predicted octanol–water partition coefficient (Wildman–Crippen LogP) is 19.9. The van der Waals surface area contributed by atoms with Crippen molar-refractivity contribution in [3.63, 3.8) is 0 Å². The van der Waals surface area contributed by atoms with E-state index in [-0.39, 0.29) is 0 Å². The van der Waals surface area contributed by atoms with Gasteiger partial charge in [0.1, 0.15) is 0 Å². The summed E-state index contributed by atoms with van der Waals surface area (Å²) in [5, 5.41) is 2.48. The van der Waals surface area contributed by atoms with E-state index < -0.39 is 0 Å². The summed E-state index contributed by atoms with van der Waals surface area (Å²) in [5.74, 6) is 0. The van der Waals surface area contributed by atoms with Crippen molar-refractivity contribution in [1.82, 2.24) is 4.57 Å². The van der Waals surface area contributed by atoms with Gasteiger partial charge in [-0.1, -0.05) is 237 Å². The van der Waals surface area contributed by atoms with E-state index >= 15 is 0 Å². The van der Waals surface area contributed by atoms with Crippen LogP contribution in [0.5, 0.6) is 0 Å². The first-order valence-electron chi connectivity index (χ1n) is 25.4. The minimum atomic E-state index is 1.09. The maximum Gasteiger partial charge on any atom is 0.0547 e. The zero-order valence-corrected chi connectivity index (χ0v) is 40.8. The first kappa shape index (κ1) is 44.2. The van der Waals surface area contributed by atoms with E-state index in [1.165, 1.54) is 88.6 Å². The van der Waals surface area contributed by atoms with Crippen molar-refractivity contribution < 1.29 is 0 Å². The molecule has 0 aliphatic carbocycles. The summed E-state index contributed by atoms with van der Waals surface area (Å²) in [6, 6.07) is 110. The van der Waals surface area contributed by atoms with Gasteiger partial charge in [-0.15, -0.1) is 0 Å². The number of para-hydroxylation sites is 1. The Morgan fingerprint density at radius 3 is 1.09 bits per heavy atom. The predicted molar refractivity (Wildman–Crippen MR) is 314 cm³/mol. The fraction of sp³-hybridized carbons (Fsp3) is 0. The van der Waals surface area contributed by atoms with E-state index in [9.17, 15) is 0 Å². The van der Waals surface area contributed by atoms with E-state index in [4.69, 9.17) is 0 Å². The molecule has 12 aromatic carbocycles. The van der Waals surface area contributed by atoms with Gasteiger partial charge in [-0.05, 0) is 145 Å². The van der Waals surface area contributed by atoms with Gasteiger partial charge in [-0.2, -0.15) is 0 Å². The van der Waals surface area contributed by atoms with E-state index in [2.05, 4.69) is 313 Å². The number of hydrogen-bond acceptors (Lipinski definition) is 1. The Labute approximate surface area is 433 Å². The molecule has 74 heavy (non-hydrogen) atoms. The average molecular weight is 943 g/mol. The highest BCUT2D eigenvalue weighted by atomic mass is 15.1. The van der Waals surface area contributed by atoms with Crippen LogP contribution in [0.3, 0.4) is 0 Å². The number of benzene rings is 12. The third kappa shape index (κ3) is 8.55. The highest BCUT2D eigenvalue weighted by molar-refractivity contribution is 6.10. The second-order valence-electron chi connectivity index (χ2n) is 18.9. The molecule has 0 N–H and O–H groups in total. The van der Waals surface area contributed by atoms with Gasteiger partial charge in [0.25, 0.3) is 0 Å². The monoisotopic (exact) mass is 942 g/mol. The van der Waals surface area contributed by atoms with Crippen LogP contribution in [-0.2, 0) is 0 Å². The lowest BCUT2D eigenvalue weighted by Crippen LogP contribution is -2.10. The van der Waals surface area contributed by atoms with E-state index in [1.807, 2.05) is 0 Å². The third-order valence-electron chi connectivity index (χ3n) is 14.4. The van der Waals surface area contributed by atoms with Crippen molar-refractivity contribution in [2.75, 3.05) is 4.90 Å². The Hall–Kier alpha value is -9.76. The fourth-order valence-corrected chi connectivity index (χ4v) is 10.7. The molecule has 1 aromatic heterocycles. The largest absolute Gasteiger partial charge is 0.310 e. The Balaban J connectivity index is 0.824. The van der Waals surface area contributed by atoms with Crippen LogP contribution in [0.25, 0.3) is 105 Å². The van der Waals surface area contributed by atoms with Crippen molar-refractivity contribution in [3.05, 3.63) is 303 Å². The molecule has 0 atom stereocenters. The molecule has 2 heteroatoms. The quantitative estimate of drug-likeness (QED) is 0.125. The first-order chi connectivity index (χ1) is 36.7. The standard InChI is InChI=1S/C72H50N2/c1-4-18-51(19-5-1)58-25-15-29-64(47-58)73(65-30-16-26-59(48-65)52-20-6-2-7-21-52)66-31-17-27-60(49-66)53-36-38-54(39-37-53)61-42-45-70-69-34-12-13-35-71(69)74(72(70)50-61)63-43-40-55(41-44-63)57-24-14-28-62(46-57)68-33-11-10-32-67(68)56-22-8-3-9-23-56/h1-50H. The molecule has 13 aromatic rings. The lowest BCUT2D eigenvalue weighted by Gasteiger charge is -2.27. The third-order valence-corrected chi connectivity index (χ3v) is 14.4. The van der Waals surface area contributed by atoms with Crippen molar-refractivity contribution in [2.45, 2.75) is 0 Å². The van der Waals surface area contributed by atoms with Gasteiger partial charge in [0.15, 0.2) is 0 Å². The number of hydrogen-bond donors (Lipinski definition) is 0. The van der Waals surface area contributed by atoms with Crippen LogP contribution in [0.15, 0.2) is 303 Å². The summed E-state index contributed by atoms with van der Waals surface area (Å²) < 4.78 is 2.42. The van der Waals surface area contributed by atoms with Gasteiger partial charge in [0, 0.05) is 33.5 Å². The first-order valence-corrected chi connectivity index (χ1v) is 25.4. The molecule has 348 valence electrons. The Morgan fingerprint density at radius 1 is 0.203 bits per heavy atom. The highest BCUT2D eigenvalue weighted by Crippen LogP contribution is 2.41. The van der Waals surface area contributed by atoms with E-state index in [1.54, 1.807) is 0 Å². The van der Waals surface area contributed by atoms with Crippen LogP contribution in [0, 0.1) is 0 Å². The SMILES string of the molecule is c1ccc(-c2cccc(N(c3cccc(-c4ccccc4)c3)c3cccc(-c4ccc(-c5ccc6c7ccccc7n(-c7ccc(-c8cccc(-c9ccccc9-c9ccccc9)c8)cc7)c6c5)cc4)c3)c2)cc1. The van der Waals surface area contributed by atoms with E-state index in [0.29, 0.717) is 0 Å². The molecule has 0 saturated heterocycles. The van der Waals surface area contributed by atoms with Crippen molar-refractivity contribution >= 4 is 38.9 Å². The summed E-state index contributed by atoms with van der Waals surface area (Å²) in [6.07, 6.45) is 0. The number of rotatable bonds is 11.